The van der Waals surface area contributed by atoms with Gasteiger partial charge in [0.2, 0.25) is 10.0 Å². The largest absolute Gasteiger partial charge is 0.388 e. The number of anilines is 1. The van der Waals surface area contributed by atoms with Crippen LogP contribution in [-0.2, 0) is 23.2 Å². The highest BCUT2D eigenvalue weighted by molar-refractivity contribution is 7.88. The van der Waals surface area contributed by atoms with E-state index in [1.54, 1.807) is 12.4 Å². The van der Waals surface area contributed by atoms with Crippen LogP contribution in [0.3, 0.4) is 0 Å². The average molecular weight is 467 g/mol. The van der Waals surface area contributed by atoms with Crippen LogP contribution in [0, 0.1) is 5.92 Å². The lowest BCUT2D eigenvalue weighted by Gasteiger charge is -2.30. The number of fused-ring (bicyclic) bond motifs is 3. The van der Waals surface area contributed by atoms with Crippen molar-refractivity contribution in [1.29, 1.82) is 0 Å². The van der Waals surface area contributed by atoms with E-state index < -0.39 is 10.0 Å². The molecule has 10 heteroatoms. The van der Waals surface area contributed by atoms with Gasteiger partial charge >= 0.3 is 0 Å². The zero-order valence-corrected chi connectivity index (χ0v) is 19.2. The lowest BCUT2D eigenvalue weighted by molar-refractivity contribution is 0.238. The van der Waals surface area contributed by atoms with Crippen LogP contribution in [0.1, 0.15) is 18.7 Å². The maximum atomic E-state index is 11.9. The van der Waals surface area contributed by atoms with Crippen LogP contribution in [0.5, 0.6) is 0 Å². The van der Waals surface area contributed by atoms with Crippen LogP contribution in [0.2, 0.25) is 0 Å². The van der Waals surface area contributed by atoms with Crippen molar-refractivity contribution >= 4 is 37.8 Å². The maximum absolute atomic E-state index is 11.9. The number of nitrogen functional groups attached to an aromatic ring is 1. The molecule has 172 valence electrons. The number of nitrogens with two attached hydrogens (primary N) is 1. The molecule has 33 heavy (non-hydrogen) atoms. The molecule has 0 aliphatic carbocycles. The van der Waals surface area contributed by atoms with Crippen LogP contribution in [0.25, 0.3) is 33.1 Å². The van der Waals surface area contributed by atoms with Crippen molar-refractivity contribution in [3.05, 3.63) is 48.5 Å². The summed E-state index contributed by atoms with van der Waals surface area (Å²) in [6, 6.07) is 9.91. The summed E-state index contributed by atoms with van der Waals surface area (Å²) in [5.74, 6) is 1.12. The summed E-state index contributed by atoms with van der Waals surface area (Å²) in [7, 11) is -3.18. The van der Waals surface area contributed by atoms with Crippen LogP contribution in [0.4, 0.5) is 5.82 Å². The van der Waals surface area contributed by atoms with Gasteiger partial charge in [-0.25, -0.2) is 22.7 Å². The Kier molecular flexibility index (Phi) is 5.51. The van der Waals surface area contributed by atoms with Gasteiger partial charge in [-0.2, -0.15) is 0 Å². The molecule has 1 fully saturated rings. The van der Waals surface area contributed by atoms with Gasteiger partial charge in [0, 0.05) is 43.0 Å². The molecule has 1 saturated heterocycles. The van der Waals surface area contributed by atoms with Gasteiger partial charge in [-0.1, -0.05) is 18.2 Å². The Morgan fingerprint density at radius 1 is 1.15 bits per heavy atom. The van der Waals surface area contributed by atoms with E-state index in [-0.39, 0.29) is 12.5 Å². The number of imidazole rings is 1. The topological polar surface area (TPSA) is 127 Å². The maximum Gasteiger partial charge on any atom is 0.211 e. The molecule has 1 aliphatic heterocycles. The summed E-state index contributed by atoms with van der Waals surface area (Å²) in [5.41, 5.74) is 10.4. The fourth-order valence-electron chi connectivity index (χ4n) is 4.67. The number of rotatable bonds is 5. The van der Waals surface area contributed by atoms with Gasteiger partial charge in [-0.15, -0.1) is 0 Å². The SMILES string of the molecule is CS(=O)(=O)N1CCC(Cn2c(CO)nc3c(N)nc4cc(-c5cccnc5)ccc4c32)CC1. The van der Waals surface area contributed by atoms with Crippen molar-refractivity contribution in [2.75, 3.05) is 25.1 Å². The normalized spacial score (nSPS) is 16.1. The number of piperidine rings is 1. The van der Waals surface area contributed by atoms with Gasteiger partial charge in [0.15, 0.2) is 5.82 Å². The van der Waals surface area contributed by atoms with Crippen molar-refractivity contribution in [3.63, 3.8) is 0 Å². The molecular weight excluding hydrogens is 440 g/mol. The van der Waals surface area contributed by atoms with Gasteiger partial charge in [-0.3, -0.25) is 4.98 Å². The van der Waals surface area contributed by atoms with E-state index in [9.17, 15) is 13.5 Å². The van der Waals surface area contributed by atoms with E-state index in [0.717, 1.165) is 40.4 Å². The number of benzene rings is 1. The third kappa shape index (κ3) is 4.05. The average Bonchev–Trinajstić information content (AvgIpc) is 3.18. The van der Waals surface area contributed by atoms with E-state index in [1.807, 2.05) is 34.9 Å². The number of aromatic nitrogens is 4. The monoisotopic (exact) mass is 466 g/mol. The third-order valence-electron chi connectivity index (χ3n) is 6.40. The summed E-state index contributed by atoms with van der Waals surface area (Å²) in [6.07, 6.45) is 6.30. The number of pyridine rings is 2. The molecule has 4 heterocycles. The fourth-order valence-corrected chi connectivity index (χ4v) is 5.54. The van der Waals surface area contributed by atoms with Crippen LogP contribution in [0.15, 0.2) is 42.7 Å². The quantitative estimate of drug-likeness (QED) is 0.462. The zero-order valence-electron chi connectivity index (χ0n) is 18.3. The standard InChI is InChI=1S/C23H26N6O3S/c1-33(31,32)28-9-6-15(7-10-28)13-29-20(14-30)27-21-22(29)18-5-4-16(11-19(18)26-23(21)24)17-3-2-8-25-12-17/h2-5,8,11-12,15,30H,6-7,9-10,13-14H2,1H3,(H2,24,26). The molecule has 0 spiro atoms. The summed E-state index contributed by atoms with van der Waals surface area (Å²) in [6.45, 7) is 1.42. The number of aliphatic hydroxyl groups is 1. The molecule has 0 unspecified atom stereocenters. The van der Waals surface area contributed by atoms with E-state index in [1.165, 1.54) is 10.6 Å². The molecule has 0 bridgehead atoms. The van der Waals surface area contributed by atoms with Gasteiger partial charge < -0.3 is 15.4 Å². The lowest BCUT2D eigenvalue weighted by Crippen LogP contribution is -2.38. The molecule has 9 nitrogen and oxygen atoms in total. The minimum absolute atomic E-state index is 0.217. The van der Waals surface area contributed by atoms with E-state index in [2.05, 4.69) is 15.0 Å². The molecule has 3 aromatic heterocycles. The molecule has 1 aromatic carbocycles. The zero-order chi connectivity index (χ0) is 23.2. The van der Waals surface area contributed by atoms with Gasteiger partial charge in [-0.05, 0) is 36.5 Å². The molecule has 5 rings (SSSR count). The number of hydrogen-bond acceptors (Lipinski definition) is 7. The minimum Gasteiger partial charge on any atom is -0.388 e. The summed E-state index contributed by atoms with van der Waals surface area (Å²) < 4.78 is 27.3. The number of sulfonamides is 1. The number of nitrogens with zero attached hydrogens (tertiary/aromatic N) is 5. The molecule has 0 amide bonds. The summed E-state index contributed by atoms with van der Waals surface area (Å²) in [5, 5.41) is 10.9. The van der Waals surface area contributed by atoms with Crippen molar-refractivity contribution in [1.82, 2.24) is 23.8 Å². The Balaban J connectivity index is 1.56. The molecule has 0 saturated carbocycles. The fraction of sp³-hybridized carbons (Fsp3) is 0.348. The van der Waals surface area contributed by atoms with E-state index in [4.69, 9.17) is 5.73 Å². The Bertz CT molecular complexity index is 1430. The Labute approximate surface area is 191 Å². The molecule has 0 atom stereocenters. The Morgan fingerprint density at radius 2 is 1.94 bits per heavy atom. The molecular formula is C23H26N6O3S. The first-order valence-corrected chi connectivity index (χ1v) is 12.7. The smallest absolute Gasteiger partial charge is 0.211 e. The van der Waals surface area contributed by atoms with Crippen molar-refractivity contribution in [2.45, 2.75) is 26.0 Å². The second-order valence-corrected chi connectivity index (χ2v) is 10.6. The van der Waals surface area contributed by atoms with Gasteiger partial charge in [0.1, 0.15) is 17.9 Å². The van der Waals surface area contributed by atoms with Crippen molar-refractivity contribution < 1.29 is 13.5 Å². The molecule has 3 N–H and O–H groups in total. The second-order valence-electron chi connectivity index (χ2n) is 8.57. The molecule has 4 aromatic rings. The van der Waals surface area contributed by atoms with Crippen molar-refractivity contribution in [3.8, 4) is 11.1 Å². The first kappa shape index (κ1) is 21.7. The molecule has 1 aliphatic rings. The van der Waals surface area contributed by atoms with Crippen molar-refractivity contribution in [2.24, 2.45) is 5.92 Å². The van der Waals surface area contributed by atoms with Gasteiger partial charge in [0.25, 0.3) is 0 Å². The highest BCUT2D eigenvalue weighted by atomic mass is 32.2. The van der Waals surface area contributed by atoms with Crippen LogP contribution in [-0.4, -0.2) is 56.7 Å². The number of aliphatic hydroxyl groups excluding tert-OH is 1. The Morgan fingerprint density at radius 3 is 2.61 bits per heavy atom. The number of hydrogen-bond donors (Lipinski definition) is 2. The Hall–Kier alpha value is -3.08. The van der Waals surface area contributed by atoms with E-state index in [0.29, 0.717) is 36.8 Å². The highest BCUT2D eigenvalue weighted by Gasteiger charge is 2.27. The predicted octanol–water partition coefficient (Wildman–Crippen LogP) is 2.39. The predicted molar refractivity (Wildman–Crippen MR) is 128 cm³/mol. The first-order valence-electron chi connectivity index (χ1n) is 10.9. The third-order valence-corrected chi connectivity index (χ3v) is 7.71. The first-order chi connectivity index (χ1) is 15.8. The summed E-state index contributed by atoms with van der Waals surface area (Å²) >= 11 is 0. The lowest BCUT2D eigenvalue weighted by atomic mass is 9.98. The second kappa shape index (κ2) is 8.36. The molecule has 0 radical (unpaired) electrons. The highest BCUT2D eigenvalue weighted by Crippen LogP contribution is 2.33. The van der Waals surface area contributed by atoms with E-state index >= 15 is 0 Å². The van der Waals surface area contributed by atoms with Crippen LogP contribution < -0.4 is 5.73 Å². The van der Waals surface area contributed by atoms with Gasteiger partial charge in [0.05, 0.1) is 17.3 Å². The summed E-state index contributed by atoms with van der Waals surface area (Å²) in [4.78, 5) is 13.4. The minimum atomic E-state index is -3.18. The van der Waals surface area contributed by atoms with Crippen LogP contribution >= 0.6 is 0 Å².